The molecular formula is C21H19ClN6O2S. The summed E-state index contributed by atoms with van der Waals surface area (Å²) < 4.78 is 33.8. The Labute approximate surface area is 183 Å². The Morgan fingerprint density at radius 3 is 2.58 bits per heavy atom. The highest BCUT2D eigenvalue weighted by molar-refractivity contribution is 7.92. The fourth-order valence-corrected chi connectivity index (χ4v) is 5.19. The van der Waals surface area contributed by atoms with Gasteiger partial charge in [0.2, 0.25) is 0 Å². The van der Waals surface area contributed by atoms with Gasteiger partial charge in [0.15, 0.2) is 5.03 Å². The van der Waals surface area contributed by atoms with Crippen LogP contribution in [0, 0.1) is 0 Å². The number of halogens is 1. The number of benzene rings is 1. The zero-order valence-corrected chi connectivity index (χ0v) is 18.6. The molecule has 10 heteroatoms. The van der Waals surface area contributed by atoms with Crippen LogP contribution in [0.5, 0.6) is 0 Å². The average molecular weight is 455 g/mol. The van der Waals surface area contributed by atoms with Crippen molar-refractivity contribution in [1.82, 2.24) is 23.9 Å². The molecule has 8 nitrogen and oxygen atoms in total. The van der Waals surface area contributed by atoms with E-state index in [2.05, 4.69) is 14.8 Å². The molecule has 0 aliphatic rings. The molecule has 0 bridgehead atoms. The number of pyridine rings is 1. The summed E-state index contributed by atoms with van der Waals surface area (Å²) in [7, 11) is 1.64. The molecule has 31 heavy (non-hydrogen) atoms. The minimum Gasteiger partial charge on any atom is -0.349 e. The minimum atomic E-state index is -3.85. The molecule has 4 heterocycles. The van der Waals surface area contributed by atoms with Gasteiger partial charge in [0.25, 0.3) is 10.0 Å². The third-order valence-corrected chi connectivity index (χ3v) is 6.88. The number of aromatic nitrogens is 5. The van der Waals surface area contributed by atoms with E-state index in [9.17, 15) is 8.42 Å². The van der Waals surface area contributed by atoms with Gasteiger partial charge in [-0.05, 0) is 23.8 Å². The van der Waals surface area contributed by atoms with Crippen LogP contribution >= 0.6 is 11.6 Å². The second-order valence-electron chi connectivity index (χ2n) is 7.46. The molecule has 1 aromatic carbocycles. The second-order valence-corrected chi connectivity index (χ2v) is 9.50. The van der Waals surface area contributed by atoms with E-state index >= 15 is 0 Å². The molecule has 5 aromatic rings. The van der Waals surface area contributed by atoms with Crippen molar-refractivity contribution in [2.75, 3.05) is 4.72 Å². The van der Waals surface area contributed by atoms with Gasteiger partial charge in [0.1, 0.15) is 5.65 Å². The summed E-state index contributed by atoms with van der Waals surface area (Å²) in [5.74, 6) is 0. The molecular weight excluding hydrogens is 436 g/mol. The number of hydrogen-bond donors (Lipinski definition) is 1. The third kappa shape index (κ3) is 3.17. The van der Waals surface area contributed by atoms with Gasteiger partial charge < -0.3 is 9.13 Å². The van der Waals surface area contributed by atoms with Crippen molar-refractivity contribution in [2.45, 2.75) is 5.03 Å². The maximum absolute atomic E-state index is 12.9. The molecule has 0 aliphatic heterocycles. The summed E-state index contributed by atoms with van der Waals surface area (Å²) in [6, 6.07) is 9.11. The van der Waals surface area contributed by atoms with Gasteiger partial charge >= 0.3 is 0 Å². The summed E-state index contributed by atoms with van der Waals surface area (Å²) in [6.07, 6.45) is 6.99. The lowest BCUT2D eigenvalue weighted by Crippen LogP contribution is -2.14. The zero-order valence-electron chi connectivity index (χ0n) is 17.0. The highest BCUT2D eigenvalue weighted by Gasteiger charge is 2.21. The minimum absolute atomic E-state index is 0.0442. The van der Waals surface area contributed by atoms with E-state index in [4.69, 9.17) is 11.6 Å². The highest BCUT2D eigenvalue weighted by Crippen LogP contribution is 2.37. The lowest BCUT2D eigenvalue weighted by atomic mass is 10.0. The van der Waals surface area contributed by atoms with Gasteiger partial charge in [-0.15, -0.1) is 0 Å². The van der Waals surface area contributed by atoms with Crippen molar-refractivity contribution in [2.24, 2.45) is 21.1 Å². The maximum Gasteiger partial charge on any atom is 0.281 e. The largest absolute Gasteiger partial charge is 0.349 e. The fourth-order valence-electron chi connectivity index (χ4n) is 3.84. The van der Waals surface area contributed by atoms with Crippen LogP contribution in [0.4, 0.5) is 5.69 Å². The van der Waals surface area contributed by atoms with Crippen molar-refractivity contribution >= 4 is 49.2 Å². The first-order valence-electron chi connectivity index (χ1n) is 9.46. The molecule has 158 valence electrons. The van der Waals surface area contributed by atoms with E-state index < -0.39 is 10.0 Å². The van der Waals surface area contributed by atoms with Gasteiger partial charge in [-0.25, -0.2) is 4.98 Å². The number of nitrogens with one attached hydrogen (secondary N) is 1. The number of hydrogen-bond acceptors (Lipinski definition) is 4. The Bertz CT molecular complexity index is 1580. The van der Waals surface area contributed by atoms with E-state index in [0.717, 1.165) is 22.0 Å². The van der Waals surface area contributed by atoms with Crippen molar-refractivity contribution in [1.29, 1.82) is 0 Å². The number of anilines is 1. The quantitative estimate of drug-likeness (QED) is 0.446. The molecule has 0 amide bonds. The van der Waals surface area contributed by atoms with Gasteiger partial charge in [0, 0.05) is 62.4 Å². The van der Waals surface area contributed by atoms with Crippen LogP contribution < -0.4 is 4.72 Å². The van der Waals surface area contributed by atoms with Gasteiger partial charge in [-0.1, -0.05) is 23.7 Å². The van der Waals surface area contributed by atoms with E-state index in [0.29, 0.717) is 21.7 Å². The molecule has 5 rings (SSSR count). The molecule has 0 atom stereocenters. The average Bonchev–Trinajstić information content (AvgIpc) is 3.39. The van der Waals surface area contributed by atoms with Gasteiger partial charge in [-0.2, -0.15) is 13.5 Å². The fraction of sp³-hybridized carbons (Fsp3) is 0.143. The molecule has 0 saturated heterocycles. The third-order valence-electron chi connectivity index (χ3n) is 5.32. The molecule has 0 spiro atoms. The molecule has 4 aromatic heterocycles. The maximum atomic E-state index is 12.9. The Hall–Kier alpha value is -3.30. The smallest absolute Gasteiger partial charge is 0.281 e. The first-order valence-corrected chi connectivity index (χ1v) is 11.3. The van der Waals surface area contributed by atoms with Crippen molar-refractivity contribution in [3.05, 3.63) is 60.1 Å². The van der Waals surface area contributed by atoms with Crippen LogP contribution in [0.15, 0.2) is 60.1 Å². The molecule has 0 radical (unpaired) electrons. The number of fused-ring (bicyclic) bond motifs is 2. The standard InChI is InChI=1S/C21H19ClN6O2S/c1-26-12-16(22)14-5-4-13(10-18(14)26)15-11-27(2)21-20(15)17(6-8-23-21)25-31(29,30)19-7-9-28(3)24-19/h4-12H,1-3H3,(H,23,25). The van der Waals surface area contributed by atoms with Crippen LogP contribution in [0.25, 0.3) is 33.1 Å². The number of aryl methyl sites for hydroxylation is 3. The van der Waals surface area contributed by atoms with Crippen LogP contribution in [-0.2, 0) is 31.2 Å². The Balaban J connectivity index is 1.70. The predicted molar refractivity (Wildman–Crippen MR) is 122 cm³/mol. The lowest BCUT2D eigenvalue weighted by Gasteiger charge is -2.09. The van der Waals surface area contributed by atoms with Crippen LogP contribution in [0.1, 0.15) is 0 Å². The predicted octanol–water partition coefficient (Wildman–Crippen LogP) is 3.92. The number of sulfonamides is 1. The molecule has 1 N–H and O–H groups in total. The Morgan fingerprint density at radius 2 is 1.84 bits per heavy atom. The zero-order chi connectivity index (χ0) is 21.9. The topological polar surface area (TPSA) is 86.7 Å². The molecule has 0 saturated carbocycles. The van der Waals surface area contributed by atoms with E-state index in [1.807, 2.05) is 53.8 Å². The monoisotopic (exact) mass is 454 g/mol. The SMILES string of the molecule is Cn1ccc(S(=O)(=O)Nc2ccnc3c2c(-c2ccc4c(Cl)cn(C)c4c2)cn3C)n1. The summed E-state index contributed by atoms with van der Waals surface area (Å²) in [6.45, 7) is 0. The van der Waals surface area contributed by atoms with E-state index in [-0.39, 0.29) is 5.03 Å². The van der Waals surface area contributed by atoms with Crippen molar-refractivity contribution in [3.8, 4) is 11.1 Å². The van der Waals surface area contributed by atoms with Crippen LogP contribution in [0.3, 0.4) is 0 Å². The normalized spacial score (nSPS) is 12.1. The Morgan fingerprint density at radius 1 is 1.03 bits per heavy atom. The number of rotatable bonds is 4. The number of nitrogens with zero attached hydrogens (tertiary/aromatic N) is 5. The summed E-state index contributed by atoms with van der Waals surface area (Å²) in [4.78, 5) is 4.46. The summed E-state index contributed by atoms with van der Waals surface area (Å²) >= 11 is 6.31. The molecule has 0 fully saturated rings. The summed E-state index contributed by atoms with van der Waals surface area (Å²) in [5.41, 5.74) is 3.89. The van der Waals surface area contributed by atoms with Crippen molar-refractivity contribution < 1.29 is 8.42 Å². The first kappa shape index (κ1) is 19.7. The summed E-state index contributed by atoms with van der Waals surface area (Å²) in [5, 5.41) is 6.34. The van der Waals surface area contributed by atoms with Crippen molar-refractivity contribution in [3.63, 3.8) is 0 Å². The molecule has 0 unspecified atom stereocenters. The second kappa shape index (κ2) is 6.86. The van der Waals surface area contributed by atoms with Gasteiger partial charge in [0.05, 0.1) is 16.1 Å². The van der Waals surface area contributed by atoms with E-state index in [1.54, 1.807) is 25.5 Å². The lowest BCUT2D eigenvalue weighted by molar-refractivity contribution is 0.593. The van der Waals surface area contributed by atoms with E-state index in [1.165, 1.54) is 10.7 Å². The van der Waals surface area contributed by atoms with Gasteiger partial charge in [-0.3, -0.25) is 9.40 Å². The highest BCUT2D eigenvalue weighted by atomic mass is 35.5. The Kier molecular flexibility index (Phi) is 4.35. The first-order chi connectivity index (χ1) is 14.7. The van der Waals surface area contributed by atoms with Crippen LogP contribution in [0.2, 0.25) is 5.02 Å². The molecule has 0 aliphatic carbocycles. The van der Waals surface area contributed by atoms with Crippen LogP contribution in [-0.4, -0.2) is 32.3 Å².